The molecule has 9 heteroatoms. The molecular formula is C20H19F2N3O3S. The van der Waals surface area contributed by atoms with Crippen molar-refractivity contribution in [2.24, 2.45) is 11.8 Å². The van der Waals surface area contributed by atoms with E-state index >= 15 is 0 Å². The Hall–Kier alpha value is -2.68. The van der Waals surface area contributed by atoms with Crippen LogP contribution in [0.3, 0.4) is 0 Å². The first-order valence-corrected chi connectivity index (χ1v) is 10.4. The van der Waals surface area contributed by atoms with Crippen molar-refractivity contribution in [2.75, 3.05) is 11.9 Å². The van der Waals surface area contributed by atoms with Gasteiger partial charge in [-0.15, -0.1) is 11.3 Å². The van der Waals surface area contributed by atoms with Crippen LogP contribution in [-0.4, -0.2) is 34.2 Å². The minimum absolute atomic E-state index is 0.0169. The van der Waals surface area contributed by atoms with E-state index in [1.807, 2.05) is 0 Å². The molecular weight excluding hydrogens is 400 g/mol. The number of benzene rings is 1. The number of hydrogen-bond donors (Lipinski definition) is 1. The minimum Gasteiger partial charge on any atom is -0.302 e. The molecule has 4 rings (SSSR count). The van der Waals surface area contributed by atoms with E-state index in [0.717, 1.165) is 49.2 Å². The standard InChI is InChI=1S/C20H19F2N3O3S/c21-14-6-5-11(9-15(14)22)16-10-29-20(23-16)24-17(26)7-8-25-18(27)12-3-1-2-4-13(12)19(25)28/h5-6,9-10,12-13H,1-4,7-8H2,(H,23,24,26)/t12-,13-/m0/s1. The molecule has 1 aromatic carbocycles. The summed E-state index contributed by atoms with van der Waals surface area (Å²) in [6.07, 6.45) is 3.38. The van der Waals surface area contributed by atoms with E-state index in [9.17, 15) is 23.2 Å². The molecule has 152 valence electrons. The van der Waals surface area contributed by atoms with Gasteiger partial charge in [0.25, 0.3) is 0 Å². The lowest BCUT2D eigenvalue weighted by molar-refractivity contribution is -0.140. The van der Waals surface area contributed by atoms with Crippen LogP contribution in [0.1, 0.15) is 32.1 Å². The molecule has 0 unspecified atom stereocenters. The van der Waals surface area contributed by atoms with Crippen molar-refractivity contribution in [3.63, 3.8) is 0 Å². The van der Waals surface area contributed by atoms with Crippen LogP contribution in [0.25, 0.3) is 11.3 Å². The van der Waals surface area contributed by atoms with Crippen LogP contribution in [0.4, 0.5) is 13.9 Å². The van der Waals surface area contributed by atoms with Crippen molar-refractivity contribution >= 4 is 34.2 Å². The third-order valence-electron chi connectivity index (χ3n) is 5.46. The number of carbonyl (C=O) groups is 3. The van der Waals surface area contributed by atoms with E-state index in [2.05, 4.69) is 10.3 Å². The van der Waals surface area contributed by atoms with Gasteiger partial charge in [-0.1, -0.05) is 12.8 Å². The smallest absolute Gasteiger partial charge is 0.233 e. The topological polar surface area (TPSA) is 79.4 Å². The number of carbonyl (C=O) groups excluding carboxylic acids is 3. The van der Waals surface area contributed by atoms with Gasteiger partial charge in [0.1, 0.15) is 0 Å². The Morgan fingerprint density at radius 3 is 2.48 bits per heavy atom. The lowest BCUT2D eigenvalue weighted by atomic mass is 9.81. The van der Waals surface area contributed by atoms with Gasteiger partial charge in [-0.3, -0.25) is 19.3 Å². The molecule has 2 atom stereocenters. The highest BCUT2D eigenvalue weighted by Gasteiger charge is 2.47. The molecule has 2 aromatic rings. The highest BCUT2D eigenvalue weighted by Crippen LogP contribution is 2.38. The van der Waals surface area contributed by atoms with Crippen molar-refractivity contribution < 1.29 is 23.2 Å². The highest BCUT2D eigenvalue weighted by molar-refractivity contribution is 7.14. The third-order valence-corrected chi connectivity index (χ3v) is 6.22. The predicted molar refractivity (Wildman–Crippen MR) is 103 cm³/mol. The Labute approximate surface area is 169 Å². The molecule has 1 saturated carbocycles. The summed E-state index contributed by atoms with van der Waals surface area (Å²) in [6, 6.07) is 3.47. The minimum atomic E-state index is -0.971. The van der Waals surface area contributed by atoms with Crippen LogP contribution in [0.2, 0.25) is 0 Å². The van der Waals surface area contributed by atoms with Gasteiger partial charge < -0.3 is 5.32 Å². The molecule has 29 heavy (non-hydrogen) atoms. The van der Waals surface area contributed by atoms with Crippen LogP contribution >= 0.6 is 11.3 Å². The first kappa shape index (κ1) is 19.6. The number of nitrogens with one attached hydrogen (secondary N) is 1. The summed E-state index contributed by atoms with van der Waals surface area (Å²) in [6.45, 7) is 0.0535. The first-order chi connectivity index (χ1) is 13.9. The van der Waals surface area contributed by atoms with Gasteiger partial charge in [0, 0.05) is 23.9 Å². The zero-order valence-corrected chi connectivity index (χ0v) is 16.3. The van der Waals surface area contributed by atoms with Crippen molar-refractivity contribution in [1.82, 2.24) is 9.88 Å². The largest absolute Gasteiger partial charge is 0.302 e. The number of fused-ring (bicyclic) bond motifs is 1. The molecule has 1 aromatic heterocycles. The average molecular weight is 419 g/mol. The maximum absolute atomic E-state index is 13.4. The van der Waals surface area contributed by atoms with Gasteiger partial charge in [0.05, 0.1) is 17.5 Å². The Bertz CT molecular complexity index is 954. The quantitative estimate of drug-likeness (QED) is 0.752. The highest BCUT2D eigenvalue weighted by atomic mass is 32.1. The number of rotatable bonds is 5. The number of imide groups is 1. The van der Waals surface area contributed by atoms with Crippen molar-refractivity contribution in [1.29, 1.82) is 0 Å². The second-order valence-corrected chi connectivity index (χ2v) is 8.15. The normalized spacial score (nSPS) is 21.4. The van der Waals surface area contributed by atoms with Crippen molar-refractivity contribution in [3.05, 3.63) is 35.2 Å². The summed E-state index contributed by atoms with van der Waals surface area (Å²) >= 11 is 1.15. The summed E-state index contributed by atoms with van der Waals surface area (Å²) in [5.41, 5.74) is 0.815. The van der Waals surface area contributed by atoms with E-state index in [1.165, 1.54) is 11.0 Å². The Morgan fingerprint density at radius 2 is 1.83 bits per heavy atom. The second kappa shape index (κ2) is 7.98. The number of thiazole rings is 1. The van der Waals surface area contributed by atoms with Crippen LogP contribution in [0.5, 0.6) is 0 Å². The summed E-state index contributed by atoms with van der Waals surface area (Å²) in [5.74, 6) is -3.06. The molecule has 1 N–H and O–H groups in total. The average Bonchev–Trinajstić information content (AvgIpc) is 3.26. The predicted octanol–water partition coefficient (Wildman–Crippen LogP) is 3.59. The molecule has 2 heterocycles. The van der Waals surface area contributed by atoms with Crippen LogP contribution in [0, 0.1) is 23.5 Å². The zero-order chi connectivity index (χ0) is 20.5. The molecule has 0 bridgehead atoms. The summed E-state index contributed by atoms with van der Waals surface area (Å²) in [7, 11) is 0. The van der Waals surface area contributed by atoms with Gasteiger partial charge in [-0.05, 0) is 31.0 Å². The number of nitrogens with zero attached hydrogens (tertiary/aromatic N) is 2. The van der Waals surface area contributed by atoms with E-state index < -0.39 is 11.6 Å². The van der Waals surface area contributed by atoms with E-state index in [-0.39, 0.29) is 42.5 Å². The molecule has 0 spiro atoms. The lowest BCUT2D eigenvalue weighted by Gasteiger charge is -2.19. The zero-order valence-electron chi connectivity index (χ0n) is 15.5. The molecule has 1 saturated heterocycles. The number of halogens is 2. The lowest BCUT2D eigenvalue weighted by Crippen LogP contribution is -2.34. The number of anilines is 1. The number of aromatic nitrogens is 1. The van der Waals surface area contributed by atoms with Gasteiger partial charge in [-0.25, -0.2) is 13.8 Å². The number of hydrogen-bond acceptors (Lipinski definition) is 5. The maximum atomic E-state index is 13.4. The van der Waals surface area contributed by atoms with Gasteiger partial charge >= 0.3 is 0 Å². The van der Waals surface area contributed by atoms with Crippen LogP contribution in [-0.2, 0) is 14.4 Å². The molecule has 2 aliphatic rings. The van der Waals surface area contributed by atoms with Crippen LogP contribution in [0.15, 0.2) is 23.6 Å². The summed E-state index contributed by atoms with van der Waals surface area (Å²) in [5, 5.41) is 4.56. The van der Waals surface area contributed by atoms with Crippen molar-refractivity contribution in [2.45, 2.75) is 32.1 Å². The Kier molecular flexibility index (Phi) is 5.40. The first-order valence-electron chi connectivity index (χ1n) is 9.50. The molecule has 1 aliphatic carbocycles. The van der Waals surface area contributed by atoms with E-state index in [4.69, 9.17) is 0 Å². The van der Waals surface area contributed by atoms with Gasteiger partial charge in [-0.2, -0.15) is 0 Å². The molecule has 3 amide bonds. The summed E-state index contributed by atoms with van der Waals surface area (Å²) in [4.78, 5) is 42.5. The Morgan fingerprint density at radius 1 is 1.14 bits per heavy atom. The van der Waals surface area contributed by atoms with Crippen molar-refractivity contribution in [3.8, 4) is 11.3 Å². The Balaban J connectivity index is 1.34. The fraction of sp³-hybridized carbons (Fsp3) is 0.400. The number of likely N-dealkylation sites (tertiary alicyclic amines) is 1. The fourth-order valence-electron chi connectivity index (χ4n) is 3.97. The van der Waals surface area contributed by atoms with E-state index in [1.54, 1.807) is 5.38 Å². The van der Waals surface area contributed by atoms with Gasteiger partial charge in [0.15, 0.2) is 16.8 Å². The molecule has 0 radical (unpaired) electrons. The second-order valence-electron chi connectivity index (χ2n) is 7.29. The number of amides is 3. The van der Waals surface area contributed by atoms with E-state index in [0.29, 0.717) is 16.4 Å². The monoisotopic (exact) mass is 419 g/mol. The van der Waals surface area contributed by atoms with Gasteiger partial charge in [0.2, 0.25) is 17.7 Å². The third kappa shape index (κ3) is 3.91. The summed E-state index contributed by atoms with van der Waals surface area (Å²) < 4.78 is 26.4. The van der Waals surface area contributed by atoms with Crippen LogP contribution < -0.4 is 5.32 Å². The fourth-order valence-corrected chi connectivity index (χ4v) is 4.70. The molecule has 6 nitrogen and oxygen atoms in total. The molecule has 2 fully saturated rings. The molecule has 1 aliphatic heterocycles. The SMILES string of the molecule is O=C(CCN1C(=O)[C@H]2CCCC[C@@H]2C1=O)Nc1nc(-c2ccc(F)c(F)c2)cs1. The maximum Gasteiger partial charge on any atom is 0.233 e.